The fourth-order valence-electron chi connectivity index (χ4n) is 2.96. The van der Waals surface area contributed by atoms with Gasteiger partial charge in [-0.25, -0.2) is 0 Å². The molecule has 0 saturated carbocycles. The van der Waals surface area contributed by atoms with Crippen molar-refractivity contribution in [1.29, 1.82) is 0 Å². The summed E-state index contributed by atoms with van der Waals surface area (Å²) in [5.74, 6) is 0.934. The van der Waals surface area contributed by atoms with Crippen LogP contribution in [0, 0.1) is 0 Å². The number of nitrogens with zero attached hydrogens (tertiary/aromatic N) is 1. The predicted octanol–water partition coefficient (Wildman–Crippen LogP) is 4.34. The second-order valence-electron chi connectivity index (χ2n) is 6.87. The van der Waals surface area contributed by atoms with E-state index in [2.05, 4.69) is 15.6 Å². The molecule has 0 aliphatic rings. The van der Waals surface area contributed by atoms with E-state index in [1.807, 2.05) is 37.3 Å². The summed E-state index contributed by atoms with van der Waals surface area (Å²) in [7, 11) is 0. The third-order valence-corrected chi connectivity index (χ3v) is 4.44. The average Bonchev–Trinajstić information content (AvgIpc) is 2.76. The quantitative estimate of drug-likeness (QED) is 0.557. The molecule has 6 nitrogen and oxygen atoms in total. The summed E-state index contributed by atoms with van der Waals surface area (Å²) >= 11 is 0. The number of amides is 2. The van der Waals surface area contributed by atoms with Gasteiger partial charge in [0, 0.05) is 18.1 Å². The molecule has 2 aromatic carbocycles. The van der Waals surface area contributed by atoms with Crippen LogP contribution in [0.25, 0.3) is 0 Å². The summed E-state index contributed by atoms with van der Waals surface area (Å²) in [5.41, 5.74) is 1.55. The lowest BCUT2D eigenvalue weighted by Gasteiger charge is -2.18. The van der Waals surface area contributed by atoms with Crippen LogP contribution in [0.4, 0.5) is 5.69 Å². The summed E-state index contributed by atoms with van der Waals surface area (Å²) in [5, 5.41) is 5.72. The van der Waals surface area contributed by atoms with Gasteiger partial charge in [0.05, 0.1) is 6.42 Å². The van der Waals surface area contributed by atoms with Gasteiger partial charge in [-0.2, -0.15) is 0 Å². The maximum atomic E-state index is 12.7. The van der Waals surface area contributed by atoms with Crippen LogP contribution in [0.3, 0.4) is 0 Å². The fraction of sp³-hybridized carbons (Fsp3) is 0.208. The molecular formula is C24H25N3O3. The monoisotopic (exact) mass is 403 g/mol. The molecule has 0 fully saturated rings. The number of anilines is 1. The molecule has 3 aromatic rings. The van der Waals surface area contributed by atoms with E-state index in [0.29, 0.717) is 23.6 Å². The lowest BCUT2D eigenvalue weighted by molar-refractivity contribution is -0.126. The first-order valence-corrected chi connectivity index (χ1v) is 9.96. The van der Waals surface area contributed by atoms with Gasteiger partial charge in [0.2, 0.25) is 11.8 Å². The molecule has 2 N–H and O–H groups in total. The Morgan fingerprint density at radius 1 is 0.933 bits per heavy atom. The van der Waals surface area contributed by atoms with E-state index in [1.165, 1.54) is 0 Å². The summed E-state index contributed by atoms with van der Waals surface area (Å²) < 4.78 is 5.72. The van der Waals surface area contributed by atoms with Crippen molar-refractivity contribution in [1.82, 2.24) is 10.3 Å². The largest absolute Gasteiger partial charge is 0.457 e. The van der Waals surface area contributed by atoms with Crippen molar-refractivity contribution in [3.8, 4) is 11.5 Å². The lowest BCUT2D eigenvalue weighted by Crippen LogP contribution is -2.44. The predicted molar refractivity (Wildman–Crippen MR) is 116 cm³/mol. The molecule has 1 aromatic heterocycles. The number of carbonyl (C=O) groups excluding carboxylic acids is 2. The SMILES string of the molecule is CCCC(NC(=O)Cc1ccccc1)C(=O)Nc1ccc(Oc2ccncc2)cc1. The second-order valence-corrected chi connectivity index (χ2v) is 6.87. The van der Waals surface area contributed by atoms with Gasteiger partial charge in [-0.3, -0.25) is 14.6 Å². The first-order chi connectivity index (χ1) is 14.6. The van der Waals surface area contributed by atoms with E-state index in [0.717, 1.165) is 12.0 Å². The van der Waals surface area contributed by atoms with Crippen molar-refractivity contribution in [3.05, 3.63) is 84.7 Å². The number of ether oxygens (including phenoxy) is 1. The van der Waals surface area contributed by atoms with Crippen molar-refractivity contribution in [2.24, 2.45) is 0 Å². The smallest absolute Gasteiger partial charge is 0.246 e. The Labute approximate surface area is 176 Å². The van der Waals surface area contributed by atoms with Crippen molar-refractivity contribution >= 4 is 17.5 Å². The summed E-state index contributed by atoms with van der Waals surface area (Å²) in [6.45, 7) is 1.98. The first kappa shape index (κ1) is 21.0. The van der Waals surface area contributed by atoms with Crippen LogP contribution in [0.15, 0.2) is 79.1 Å². The average molecular weight is 403 g/mol. The van der Waals surface area contributed by atoms with Crippen molar-refractivity contribution < 1.29 is 14.3 Å². The standard InChI is InChI=1S/C24H25N3O3/c1-2-6-22(27-23(28)17-18-7-4-3-5-8-18)24(29)26-19-9-11-20(12-10-19)30-21-13-15-25-16-14-21/h3-5,7-16,22H,2,6,17H2,1H3,(H,26,29)(H,27,28). The zero-order chi connectivity index (χ0) is 21.2. The van der Waals surface area contributed by atoms with Gasteiger partial charge in [0.1, 0.15) is 17.5 Å². The highest BCUT2D eigenvalue weighted by Gasteiger charge is 2.20. The van der Waals surface area contributed by atoms with Gasteiger partial charge in [-0.15, -0.1) is 0 Å². The summed E-state index contributed by atoms with van der Waals surface area (Å²) in [6, 6.07) is 19.5. The molecule has 2 amide bonds. The van der Waals surface area contributed by atoms with Crippen molar-refractivity contribution in [3.63, 3.8) is 0 Å². The third-order valence-electron chi connectivity index (χ3n) is 4.44. The number of nitrogens with one attached hydrogen (secondary N) is 2. The first-order valence-electron chi connectivity index (χ1n) is 9.96. The number of benzene rings is 2. The Morgan fingerprint density at radius 2 is 1.60 bits per heavy atom. The van der Waals surface area contributed by atoms with E-state index < -0.39 is 6.04 Å². The Morgan fingerprint density at radius 3 is 2.27 bits per heavy atom. The Bertz CT molecular complexity index is 944. The molecule has 0 saturated heterocycles. The zero-order valence-corrected chi connectivity index (χ0v) is 16.9. The maximum Gasteiger partial charge on any atom is 0.246 e. The number of carbonyl (C=O) groups is 2. The van der Waals surface area contributed by atoms with Gasteiger partial charge in [-0.1, -0.05) is 43.7 Å². The van der Waals surface area contributed by atoms with Crippen LogP contribution < -0.4 is 15.4 Å². The van der Waals surface area contributed by atoms with Crippen LogP contribution in [0.2, 0.25) is 0 Å². The number of aromatic nitrogens is 1. The number of hydrogen-bond donors (Lipinski definition) is 2. The number of hydrogen-bond acceptors (Lipinski definition) is 4. The minimum absolute atomic E-state index is 0.170. The van der Waals surface area contributed by atoms with Crippen LogP contribution in [0.5, 0.6) is 11.5 Å². The molecule has 0 aliphatic heterocycles. The van der Waals surface area contributed by atoms with Gasteiger partial charge < -0.3 is 15.4 Å². The molecule has 30 heavy (non-hydrogen) atoms. The molecular weight excluding hydrogens is 378 g/mol. The summed E-state index contributed by atoms with van der Waals surface area (Å²) in [6.07, 6.45) is 4.90. The van der Waals surface area contributed by atoms with Crippen molar-refractivity contribution in [2.45, 2.75) is 32.2 Å². The Hall–Kier alpha value is -3.67. The molecule has 0 spiro atoms. The molecule has 1 heterocycles. The molecule has 154 valence electrons. The van der Waals surface area contributed by atoms with Crippen molar-refractivity contribution in [2.75, 3.05) is 5.32 Å². The van der Waals surface area contributed by atoms with Crippen LogP contribution in [-0.2, 0) is 16.0 Å². The Kier molecular flexibility index (Phi) is 7.55. The van der Waals surface area contributed by atoms with E-state index in [1.54, 1.807) is 48.8 Å². The fourth-order valence-corrected chi connectivity index (χ4v) is 2.96. The minimum atomic E-state index is -0.584. The maximum absolute atomic E-state index is 12.7. The highest BCUT2D eigenvalue weighted by Crippen LogP contribution is 2.22. The van der Waals surface area contributed by atoms with E-state index >= 15 is 0 Å². The van der Waals surface area contributed by atoms with Gasteiger partial charge in [0.25, 0.3) is 0 Å². The van der Waals surface area contributed by atoms with E-state index in [-0.39, 0.29) is 18.2 Å². The number of pyridine rings is 1. The normalized spacial score (nSPS) is 11.4. The molecule has 3 rings (SSSR count). The number of rotatable bonds is 9. The summed E-state index contributed by atoms with van der Waals surface area (Å²) in [4.78, 5) is 29.0. The lowest BCUT2D eigenvalue weighted by atomic mass is 10.1. The molecule has 0 radical (unpaired) electrons. The van der Waals surface area contributed by atoms with Gasteiger partial charge in [0.15, 0.2) is 0 Å². The molecule has 6 heteroatoms. The Balaban J connectivity index is 1.56. The topological polar surface area (TPSA) is 80.3 Å². The van der Waals surface area contributed by atoms with Gasteiger partial charge in [-0.05, 0) is 48.4 Å². The van der Waals surface area contributed by atoms with Crippen LogP contribution in [-0.4, -0.2) is 22.8 Å². The minimum Gasteiger partial charge on any atom is -0.457 e. The third kappa shape index (κ3) is 6.44. The van der Waals surface area contributed by atoms with Crippen LogP contribution >= 0.6 is 0 Å². The highest BCUT2D eigenvalue weighted by molar-refractivity contribution is 5.97. The molecule has 1 unspecified atom stereocenters. The highest BCUT2D eigenvalue weighted by atomic mass is 16.5. The van der Waals surface area contributed by atoms with E-state index in [9.17, 15) is 9.59 Å². The van der Waals surface area contributed by atoms with Gasteiger partial charge >= 0.3 is 0 Å². The second kappa shape index (κ2) is 10.8. The zero-order valence-electron chi connectivity index (χ0n) is 16.9. The van der Waals surface area contributed by atoms with Crippen LogP contribution in [0.1, 0.15) is 25.3 Å². The molecule has 0 bridgehead atoms. The molecule has 0 aliphatic carbocycles. The van der Waals surface area contributed by atoms with E-state index in [4.69, 9.17) is 4.74 Å². The molecule has 1 atom stereocenters.